The lowest BCUT2D eigenvalue weighted by molar-refractivity contribution is -0.129. The summed E-state index contributed by atoms with van der Waals surface area (Å²) in [6, 6.07) is 4.24. The van der Waals surface area contributed by atoms with Gasteiger partial charge in [-0.05, 0) is 25.0 Å². The van der Waals surface area contributed by atoms with Crippen molar-refractivity contribution in [3.63, 3.8) is 0 Å². The van der Waals surface area contributed by atoms with Gasteiger partial charge in [0.05, 0.1) is 5.92 Å². The first kappa shape index (κ1) is 16.3. The monoisotopic (exact) mass is 343 g/mol. The molecule has 25 heavy (non-hydrogen) atoms. The zero-order valence-corrected chi connectivity index (χ0v) is 14.9. The molecule has 0 radical (unpaired) electrons. The van der Waals surface area contributed by atoms with Crippen molar-refractivity contribution in [3.05, 3.63) is 35.7 Å². The Morgan fingerprint density at radius 2 is 2.04 bits per heavy atom. The zero-order valence-electron chi connectivity index (χ0n) is 14.9. The summed E-state index contributed by atoms with van der Waals surface area (Å²) in [7, 11) is 2.08. The summed E-state index contributed by atoms with van der Waals surface area (Å²) in [4.78, 5) is 20.4. The third-order valence-electron chi connectivity index (χ3n) is 5.51. The molecule has 4 rings (SSSR count). The molecule has 0 aromatic carbocycles. The molecule has 2 fully saturated rings. The lowest BCUT2D eigenvalue weighted by Crippen LogP contribution is -2.44. The number of carbonyl (C=O) groups is 1. The van der Waals surface area contributed by atoms with Gasteiger partial charge in [0.2, 0.25) is 11.8 Å². The Labute approximate surface area is 147 Å². The summed E-state index contributed by atoms with van der Waals surface area (Å²) >= 11 is 0. The van der Waals surface area contributed by atoms with Gasteiger partial charge in [-0.2, -0.15) is 4.98 Å². The molecule has 1 amide bonds. The molecule has 0 atom stereocenters. The predicted molar refractivity (Wildman–Crippen MR) is 92.0 cm³/mol. The first-order valence-corrected chi connectivity index (χ1v) is 9.01. The van der Waals surface area contributed by atoms with Crippen molar-refractivity contribution in [1.82, 2.24) is 24.5 Å². The summed E-state index contributed by atoms with van der Waals surface area (Å²) in [5.74, 6) is 2.40. The molecule has 134 valence electrons. The molecular formula is C18H25N5O2. The Kier molecular flexibility index (Phi) is 4.33. The van der Waals surface area contributed by atoms with Gasteiger partial charge < -0.3 is 14.0 Å². The maximum absolute atomic E-state index is 11.4. The van der Waals surface area contributed by atoms with Crippen molar-refractivity contribution in [1.29, 1.82) is 0 Å². The van der Waals surface area contributed by atoms with E-state index in [0.717, 1.165) is 57.3 Å². The van der Waals surface area contributed by atoms with Gasteiger partial charge in [-0.15, -0.1) is 0 Å². The minimum atomic E-state index is 0.153. The first-order valence-electron chi connectivity index (χ1n) is 9.01. The van der Waals surface area contributed by atoms with Crippen molar-refractivity contribution in [2.75, 3.05) is 26.2 Å². The van der Waals surface area contributed by atoms with Gasteiger partial charge in [-0.1, -0.05) is 5.16 Å². The van der Waals surface area contributed by atoms with E-state index in [4.69, 9.17) is 4.52 Å². The highest BCUT2D eigenvalue weighted by molar-refractivity contribution is 5.73. The van der Waals surface area contributed by atoms with Crippen LogP contribution in [-0.4, -0.2) is 56.6 Å². The highest BCUT2D eigenvalue weighted by atomic mass is 16.5. The number of aromatic nitrogens is 3. The number of aryl methyl sites for hydroxylation is 1. The Morgan fingerprint density at radius 3 is 2.68 bits per heavy atom. The van der Waals surface area contributed by atoms with E-state index in [2.05, 4.69) is 45.0 Å². The lowest BCUT2D eigenvalue weighted by atomic mass is 9.96. The van der Waals surface area contributed by atoms with Gasteiger partial charge in [-0.25, -0.2) is 0 Å². The molecule has 0 saturated carbocycles. The number of hydrogen-bond acceptors (Lipinski definition) is 5. The molecule has 0 aliphatic carbocycles. The molecule has 2 aromatic heterocycles. The zero-order chi connectivity index (χ0) is 17.4. The number of nitrogens with zero attached hydrogens (tertiary/aromatic N) is 5. The second kappa shape index (κ2) is 6.63. The van der Waals surface area contributed by atoms with E-state index >= 15 is 0 Å². The van der Waals surface area contributed by atoms with Crippen LogP contribution in [-0.2, 0) is 18.4 Å². The fraction of sp³-hybridized carbons (Fsp3) is 0.611. The van der Waals surface area contributed by atoms with Crippen LogP contribution in [0, 0.1) is 0 Å². The summed E-state index contributed by atoms with van der Waals surface area (Å²) in [5.41, 5.74) is 1.32. The van der Waals surface area contributed by atoms with Crippen LogP contribution in [0.3, 0.4) is 0 Å². The average molecular weight is 343 g/mol. The van der Waals surface area contributed by atoms with Gasteiger partial charge in [0, 0.05) is 64.5 Å². The van der Waals surface area contributed by atoms with Crippen LogP contribution < -0.4 is 0 Å². The molecule has 2 saturated heterocycles. The fourth-order valence-electron chi connectivity index (χ4n) is 3.78. The van der Waals surface area contributed by atoms with Crippen LogP contribution >= 0.6 is 0 Å². The van der Waals surface area contributed by atoms with Crippen LogP contribution in [0.25, 0.3) is 0 Å². The Hall–Kier alpha value is -2.15. The Balaban J connectivity index is 1.30. The third-order valence-corrected chi connectivity index (χ3v) is 5.51. The number of likely N-dealkylation sites (tertiary alicyclic amines) is 2. The van der Waals surface area contributed by atoms with Crippen LogP contribution in [0.2, 0.25) is 0 Å². The minimum Gasteiger partial charge on any atom is -0.353 e. The second-order valence-corrected chi connectivity index (χ2v) is 7.27. The van der Waals surface area contributed by atoms with E-state index in [1.807, 2.05) is 4.90 Å². The molecule has 7 nitrogen and oxygen atoms in total. The Morgan fingerprint density at radius 1 is 1.28 bits per heavy atom. The summed E-state index contributed by atoms with van der Waals surface area (Å²) in [6.45, 7) is 6.11. The number of rotatable bonds is 4. The molecule has 2 aliphatic rings. The van der Waals surface area contributed by atoms with Crippen molar-refractivity contribution in [3.8, 4) is 0 Å². The highest BCUT2D eigenvalue weighted by Crippen LogP contribution is 2.30. The normalized spacial score (nSPS) is 20.0. The summed E-state index contributed by atoms with van der Waals surface area (Å²) in [5, 5.41) is 4.22. The smallest absolute Gasteiger partial charge is 0.232 e. The molecule has 0 N–H and O–H groups in total. The van der Waals surface area contributed by atoms with Crippen molar-refractivity contribution in [2.45, 2.75) is 38.1 Å². The number of carbonyl (C=O) groups excluding carboxylic acids is 1. The minimum absolute atomic E-state index is 0.153. The van der Waals surface area contributed by atoms with Crippen LogP contribution in [0.4, 0.5) is 0 Å². The summed E-state index contributed by atoms with van der Waals surface area (Å²) < 4.78 is 7.69. The molecule has 2 aromatic rings. The average Bonchev–Trinajstić information content (AvgIpc) is 3.20. The van der Waals surface area contributed by atoms with Crippen molar-refractivity contribution < 1.29 is 9.32 Å². The molecule has 0 spiro atoms. The fourth-order valence-corrected chi connectivity index (χ4v) is 3.78. The van der Waals surface area contributed by atoms with Gasteiger partial charge in [0.1, 0.15) is 0 Å². The van der Waals surface area contributed by atoms with Gasteiger partial charge >= 0.3 is 0 Å². The van der Waals surface area contributed by atoms with Crippen LogP contribution in [0.1, 0.15) is 49.0 Å². The number of hydrogen-bond donors (Lipinski definition) is 0. The van der Waals surface area contributed by atoms with Crippen LogP contribution in [0.5, 0.6) is 0 Å². The summed E-state index contributed by atoms with van der Waals surface area (Å²) in [6.07, 6.45) is 3.92. The van der Waals surface area contributed by atoms with E-state index in [0.29, 0.717) is 11.8 Å². The second-order valence-electron chi connectivity index (χ2n) is 7.27. The molecule has 4 heterocycles. The molecule has 0 bridgehead atoms. The largest absolute Gasteiger partial charge is 0.353 e. The third kappa shape index (κ3) is 3.33. The molecular weight excluding hydrogens is 318 g/mol. The Bertz CT molecular complexity index is 738. The predicted octanol–water partition coefficient (Wildman–Crippen LogP) is 1.73. The van der Waals surface area contributed by atoms with Crippen molar-refractivity contribution >= 4 is 5.91 Å². The topological polar surface area (TPSA) is 67.4 Å². The maximum Gasteiger partial charge on any atom is 0.232 e. The van der Waals surface area contributed by atoms with Gasteiger partial charge in [-0.3, -0.25) is 9.69 Å². The van der Waals surface area contributed by atoms with E-state index in [1.54, 1.807) is 6.92 Å². The first-order chi connectivity index (χ1) is 12.1. The van der Waals surface area contributed by atoms with Gasteiger partial charge in [0.15, 0.2) is 5.82 Å². The van der Waals surface area contributed by atoms with Crippen LogP contribution in [0.15, 0.2) is 22.9 Å². The highest BCUT2D eigenvalue weighted by Gasteiger charge is 2.34. The maximum atomic E-state index is 11.4. The number of amides is 1. The quantitative estimate of drug-likeness (QED) is 0.846. The standard InChI is InChI=1S/C18H25N5O2/c1-13(24)23-8-5-14(6-9-23)17-19-18(25-20-17)15-10-22(11-15)12-16-4-3-7-21(16)2/h3-4,7,14-15H,5-6,8-12H2,1-2H3. The SMILES string of the molecule is CC(=O)N1CCC(c2noc(C3CN(Cc4cccn4C)C3)n2)CC1. The van der Waals surface area contributed by atoms with Gasteiger partial charge in [0.25, 0.3) is 0 Å². The molecule has 2 aliphatic heterocycles. The molecule has 0 unspecified atom stereocenters. The molecule has 7 heteroatoms. The van der Waals surface area contributed by atoms with E-state index in [9.17, 15) is 4.79 Å². The van der Waals surface area contributed by atoms with E-state index in [-0.39, 0.29) is 5.91 Å². The number of piperidine rings is 1. The van der Waals surface area contributed by atoms with Crippen molar-refractivity contribution in [2.24, 2.45) is 7.05 Å². The van der Waals surface area contributed by atoms with E-state index in [1.165, 1.54) is 5.69 Å². The van der Waals surface area contributed by atoms with E-state index < -0.39 is 0 Å². The lowest BCUT2D eigenvalue weighted by Gasteiger charge is -2.37.